The molecule has 144 valence electrons. The van der Waals surface area contributed by atoms with E-state index in [9.17, 15) is 4.79 Å². The molecule has 27 heavy (non-hydrogen) atoms. The molecule has 0 bridgehead atoms. The van der Waals surface area contributed by atoms with E-state index in [0.29, 0.717) is 6.54 Å². The van der Waals surface area contributed by atoms with Crippen molar-refractivity contribution in [1.29, 1.82) is 0 Å². The van der Waals surface area contributed by atoms with E-state index in [-0.39, 0.29) is 11.9 Å². The summed E-state index contributed by atoms with van der Waals surface area (Å²) in [7, 11) is 0. The summed E-state index contributed by atoms with van der Waals surface area (Å²) in [5.41, 5.74) is 4.30. The number of aryl methyl sites for hydroxylation is 2. The summed E-state index contributed by atoms with van der Waals surface area (Å²) in [5.74, 6) is 0.0556. The van der Waals surface area contributed by atoms with Gasteiger partial charge in [0.25, 0.3) is 0 Å². The summed E-state index contributed by atoms with van der Waals surface area (Å²) in [4.78, 5) is 17.1. The molecule has 5 heteroatoms. The van der Waals surface area contributed by atoms with Crippen LogP contribution in [-0.4, -0.2) is 48.4 Å². The minimum absolute atomic E-state index is 0.0556. The number of hydrogen-bond donors (Lipinski definition) is 1. The summed E-state index contributed by atoms with van der Waals surface area (Å²) in [6.07, 6.45) is 0. The van der Waals surface area contributed by atoms with Gasteiger partial charge in [0, 0.05) is 42.9 Å². The average Bonchev–Trinajstić information content (AvgIpc) is 2.65. The molecule has 2 aromatic carbocycles. The molecule has 0 aromatic heterocycles. The third-order valence-corrected chi connectivity index (χ3v) is 5.77. The van der Waals surface area contributed by atoms with Crippen LogP contribution in [0.1, 0.15) is 29.7 Å². The number of anilines is 1. The van der Waals surface area contributed by atoms with E-state index in [2.05, 4.69) is 28.1 Å². The molecule has 1 saturated heterocycles. The number of amides is 1. The van der Waals surface area contributed by atoms with Crippen LogP contribution < -0.4 is 5.32 Å². The first-order valence-electron chi connectivity index (χ1n) is 9.52. The second-order valence-corrected chi connectivity index (χ2v) is 7.73. The van der Waals surface area contributed by atoms with Crippen LogP contribution in [0.15, 0.2) is 42.5 Å². The molecule has 0 aliphatic carbocycles. The smallest absolute Gasteiger partial charge is 0.238 e. The molecule has 0 radical (unpaired) electrons. The molecule has 1 aliphatic heterocycles. The molecule has 4 nitrogen and oxygen atoms in total. The molecule has 1 heterocycles. The quantitative estimate of drug-likeness (QED) is 0.834. The van der Waals surface area contributed by atoms with Gasteiger partial charge in [-0.2, -0.15) is 0 Å². The van der Waals surface area contributed by atoms with Crippen molar-refractivity contribution in [2.45, 2.75) is 26.8 Å². The van der Waals surface area contributed by atoms with Gasteiger partial charge in [0.2, 0.25) is 5.91 Å². The Morgan fingerprint density at radius 2 is 1.67 bits per heavy atom. The summed E-state index contributed by atoms with van der Waals surface area (Å²) < 4.78 is 0. The van der Waals surface area contributed by atoms with Crippen molar-refractivity contribution in [2.24, 2.45) is 0 Å². The largest absolute Gasteiger partial charge is 0.324 e. The Hall–Kier alpha value is -1.88. The molecule has 1 atom stereocenters. The summed E-state index contributed by atoms with van der Waals surface area (Å²) in [6, 6.07) is 14.4. The predicted octanol–water partition coefficient (Wildman–Crippen LogP) is 4.27. The fourth-order valence-corrected chi connectivity index (χ4v) is 4.01. The zero-order valence-corrected chi connectivity index (χ0v) is 17.1. The minimum atomic E-state index is 0.0556. The maximum absolute atomic E-state index is 12.5. The first kappa shape index (κ1) is 19.9. The van der Waals surface area contributed by atoms with Gasteiger partial charge in [0.1, 0.15) is 0 Å². The van der Waals surface area contributed by atoms with Gasteiger partial charge in [-0.15, -0.1) is 0 Å². The molecule has 1 aliphatic rings. The van der Waals surface area contributed by atoms with E-state index in [1.54, 1.807) is 0 Å². The lowest BCUT2D eigenvalue weighted by atomic mass is 10.1. The Labute approximate surface area is 167 Å². The molecule has 1 amide bonds. The highest BCUT2D eigenvalue weighted by Crippen LogP contribution is 2.27. The third-order valence-electron chi connectivity index (χ3n) is 5.42. The first-order valence-corrected chi connectivity index (χ1v) is 9.90. The number of nitrogens with zero attached hydrogens (tertiary/aromatic N) is 2. The SMILES string of the molecule is Cc1cccc(C)c1NC(=O)CN1CCN([C@H](C)c2ccccc2Cl)CC1. The number of hydrogen-bond acceptors (Lipinski definition) is 3. The number of piperazine rings is 1. The molecular formula is C22H28ClN3O. The Morgan fingerprint density at radius 1 is 1.04 bits per heavy atom. The van der Waals surface area contributed by atoms with E-state index in [1.807, 2.05) is 50.2 Å². The van der Waals surface area contributed by atoms with Crippen LogP contribution in [0.5, 0.6) is 0 Å². The van der Waals surface area contributed by atoms with Gasteiger partial charge in [0.05, 0.1) is 6.54 Å². The van der Waals surface area contributed by atoms with Crippen LogP contribution in [-0.2, 0) is 4.79 Å². The molecule has 0 spiro atoms. The van der Waals surface area contributed by atoms with Crippen molar-refractivity contribution in [3.05, 3.63) is 64.2 Å². The fourth-order valence-electron chi connectivity index (χ4n) is 3.71. The number of carbonyl (C=O) groups is 1. The van der Waals surface area contributed by atoms with E-state index in [4.69, 9.17) is 11.6 Å². The van der Waals surface area contributed by atoms with Crippen molar-refractivity contribution in [3.8, 4) is 0 Å². The van der Waals surface area contributed by atoms with Gasteiger partial charge in [0.15, 0.2) is 0 Å². The maximum atomic E-state index is 12.5. The second-order valence-electron chi connectivity index (χ2n) is 7.32. The maximum Gasteiger partial charge on any atom is 0.238 e. The van der Waals surface area contributed by atoms with Crippen molar-refractivity contribution >= 4 is 23.2 Å². The van der Waals surface area contributed by atoms with E-state index in [1.165, 1.54) is 5.56 Å². The predicted molar refractivity (Wildman–Crippen MR) is 112 cm³/mol. The van der Waals surface area contributed by atoms with Crippen LogP contribution in [0.2, 0.25) is 5.02 Å². The summed E-state index contributed by atoms with van der Waals surface area (Å²) in [6.45, 7) is 10.3. The van der Waals surface area contributed by atoms with Gasteiger partial charge < -0.3 is 5.32 Å². The van der Waals surface area contributed by atoms with Gasteiger partial charge in [-0.05, 0) is 43.5 Å². The van der Waals surface area contributed by atoms with Gasteiger partial charge in [-0.3, -0.25) is 14.6 Å². The number of carbonyl (C=O) groups excluding carboxylic acids is 1. The highest BCUT2D eigenvalue weighted by molar-refractivity contribution is 6.31. The molecule has 3 rings (SSSR count). The number of nitrogens with one attached hydrogen (secondary N) is 1. The standard InChI is InChI=1S/C22H28ClN3O/c1-16-7-6-8-17(2)22(16)24-21(27)15-25-11-13-26(14-12-25)18(3)19-9-4-5-10-20(19)23/h4-10,18H,11-15H2,1-3H3,(H,24,27)/t18-/m1/s1. The van der Waals surface area contributed by atoms with Gasteiger partial charge >= 0.3 is 0 Å². The van der Waals surface area contributed by atoms with Gasteiger partial charge in [-0.1, -0.05) is 48.0 Å². The molecule has 1 fully saturated rings. The minimum Gasteiger partial charge on any atom is -0.324 e. The van der Waals surface area contributed by atoms with E-state index >= 15 is 0 Å². The van der Waals surface area contributed by atoms with Crippen LogP contribution in [0, 0.1) is 13.8 Å². The van der Waals surface area contributed by atoms with E-state index in [0.717, 1.165) is 48.0 Å². The fraction of sp³-hybridized carbons (Fsp3) is 0.409. The molecule has 0 unspecified atom stereocenters. The molecule has 0 saturated carbocycles. The Morgan fingerprint density at radius 3 is 2.30 bits per heavy atom. The van der Waals surface area contributed by atoms with Crippen molar-refractivity contribution in [1.82, 2.24) is 9.80 Å². The van der Waals surface area contributed by atoms with Crippen LogP contribution in [0.3, 0.4) is 0 Å². The first-order chi connectivity index (χ1) is 13.0. The Kier molecular flexibility index (Phi) is 6.53. The van der Waals surface area contributed by atoms with Crippen molar-refractivity contribution in [3.63, 3.8) is 0 Å². The number of para-hydroxylation sites is 1. The molecule has 2 aromatic rings. The summed E-state index contributed by atoms with van der Waals surface area (Å²) in [5, 5.41) is 3.90. The van der Waals surface area contributed by atoms with Crippen molar-refractivity contribution < 1.29 is 4.79 Å². The van der Waals surface area contributed by atoms with Gasteiger partial charge in [-0.25, -0.2) is 0 Å². The van der Waals surface area contributed by atoms with Crippen molar-refractivity contribution in [2.75, 3.05) is 38.0 Å². The normalized spacial score (nSPS) is 16.9. The number of benzene rings is 2. The monoisotopic (exact) mass is 385 g/mol. The lowest BCUT2D eigenvalue weighted by Gasteiger charge is -2.38. The third kappa shape index (κ3) is 4.89. The number of halogens is 1. The lowest BCUT2D eigenvalue weighted by molar-refractivity contribution is -0.117. The Bertz CT molecular complexity index is 780. The highest BCUT2D eigenvalue weighted by atomic mass is 35.5. The topological polar surface area (TPSA) is 35.6 Å². The zero-order chi connectivity index (χ0) is 19.4. The van der Waals surface area contributed by atoms with Crippen LogP contribution in [0.4, 0.5) is 5.69 Å². The lowest BCUT2D eigenvalue weighted by Crippen LogP contribution is -2.49. The average molecular weight is 386 g/mol. The van der Waals surface area contributed by atoms with E-state index < -0.39 is 0 Å². The summed E-state index contributed by atoms with van der Waals surface area (Å²) >= 11 is 6.35. The zero-order valence-electron chi connectivity index (χ0n) is 16.3. The number of rotatable bonds is 5. The van der Waals surface area contributed by atoms with Crippen LogP contribution >= 0.6 is 11.6 Å². The highest BCUT2D eigenvalue weighted by Gasteiger charge is 2.24. The second kappa shape index (κ2) is 8.87. The van der Waals surface area contributed by atoms with Crippen LogP contribution in [0.25, 0.3) is 0 Å². The Balaban J connectivity index is 1.52. The molecule has 1 N–H and O–H groups in total. The molecular weight excluding hydrogens is 358 g/mol.